The Hall–Kier alpha value is -3.67. The molecule has 0 aliphatic rings. The zero-order valence-corrected chi connectivity index (χ0v) is 16.2. The van der Waals surface area contributed by atoms with Crippen LogP contribution in [0.15, 0.2) is 22.7 Å². The van der Waals surface area contributed by atoms with Gasteiger partial charge in [0.05, 0.1) is 5.69 Å². The lowest BCUT2D eigenvalue weighted by Gasteiger charge is -2.05. The number of rotatable bonds is 7. The van der Waals surface area contributed by atoms with Crippen LogP contribution in [-0.2, 0) is 4.79 Å². The first-order chi connectivity index (χ1) is 13.8. The van der Waals surface area contributed by atoms with Gasteiger partial charge in [0.25, 0.3) is 5.91 Å². The second-order valence-electron chi connectivity index (χ2n) is 5.84. The third-order valence-electron chi connectivity index (χ3n) is 3.61. The number of carbonyl (C=O) groups is 3. The smallest absolute Gasteiger partial charge is 0.347 e. The van der Waals surface area contributed by atoms with E-state index in [0.717, 1.165) is 11.3 Å². The molecule has 150 valence electrons. The first kappa shape index (κ1) is 20.1. The molecule has 0 aliphatic heterocycles. The van der Waals surface area contributed by atoms with E-state index in [1.165, 1.54) is 6.07 Å². The maximum Gasteiger partial charge on any atom is 0.347 e. The van der Waals surface area contributed by atoms with Crippen molar-refractivity contribution in [3.63, 3.8) is 0 Å². The Morgan fingerprint density at radius 1 is 1.17 bits per heavy atom. The fourth-order valence-electron chi connectivity index (χ4n) is 2.30. The highest BCUT2D eigenvalue weighted by atomic mass is 32.1. The van der Waals surface area contributed by atoms with Crippen molar-refractivity contribution in [2.24, 2.45) is 0 Å². The summed E-state index contributed by atoms with van der Waals surface area (Å²) in [4.78, 5) is 47.5. The van der Waals surface area contributed by atoms with Crippen LogP contribution in [0, 0.1) is 13.8 Å². The molecule has 0 unspecified atom stereocenters. The number of thiazole rings is 1. The minimum absolute atomic E-state index is 0.0174. The first-order valence-corrected chi connectivity index (χ1v) is 9.21. The lowest BCUT2D eigenvalue weighted by Crippen LogP contribution is -2.28. The Kier molecular flexibility index (Phi) is 5.93. The number of carboxylic acid groups (broad SMARTS) is 1. The molecule has 0 radical (unpaired) electrons. The van der Waals surface area contributed by atoms with Gasteiger partial charge in [0, 0.05) is 19.9 Å². The second-order valence-corrected chi connectivity index (χ2v) is 6.84. The van der Waals surface area contributed by atoms with E-state index in [1.54, 1.807) is 26.0 Å². The molecule has 0 aliphatic carbocycles. The number of anilines is 1. The molecule has 3 heterocycles. The van der Waals surface area contributed by atoms with Crippen LogP contribution in [0.25, 0.3) is 11.5 Å². The van der Waals surface area contributed by atoms with Gasteiger partial charge in [0.2, 0.25) is 17.6 Å². The molecule has 3 N–H and O–H groups in total. The van der Waals surface area contributed by atoms with Crippen molar-refractivity contribution in [1.29, 1.82) is 0 Å². The molecule has 0 saturated heterocycles. The average Bonchev–Trinajstić information content (AvgIpc) is 3.27. The number of nitrogens with one attached hydrogen (secondary N) is 2. The first-order valence-electron chi connectivity index (χ1n) is 8.40. The van der Waals surface area contributed by atoms with Crippen molar-refractivity contribution >= 4 is 34.3 Å². The van der Waals surface area contributed by atoms with Gasteiger partial charge in [0.1, 0.15) is 16.3 Å². The SMILES string of the molecule is Cc1nc(-c2cccc(C(=O)NCCC(=O)Nc3nc(C)c(C(=O)O)s3)n2)no1. The molecule has 0 aromatic carbocycles. The van der Waals surface area contributed by atoms with Gasteiger partial charge >= 0.3 is 5.97 Å². The van der Waals surface area contributed by atoms with Crippen LogP contribution in [0.4, 0.5) is 5.13 Å². The van der Waals surface area contributed by atoms with Gasteiger partial charge in [-0.3, -0.25) is 9.59 Å². The molecule has 11 nitrogen and oxygen atoms in total. The number of aromatic nitrogens is 4. The van der Waals surface area contributed by atoms with E-state index in [1.807, 2.05) is 0 Å². The minimum Gasteiger partial charge on any atom is -0.477 e. The number of hydrogen-bond acceptors (Lipinski definition) is 9. The molecule has 29 heavy (non-hydrogen) atoms. The highest BCUT2D eigenvalue weighted by molar-refractivity contribution is 7.17. The van der Waals surface area contributed by atoms with Crippen LogP contribution >= 0.6 is 11.3 Å². The number of aromatic carboxylic acids is 1. The fraction of sp³-hybridized carbons (Fsp3) is 0.235. The van der Waals surface area contributed by atoms with Crippen molar-refractivity contribution in [1.82, 2.24) is 25.4 Å². The molecular formula is C17H16N6O5S. The lowest BCUT2D eigenvalue weighted by atomic mass is 10.2. The number of pyridine rings is 1. The molecule has 0 saturated carbocycles. The van der Waals surface area contributed by atoms with Crippen molar-refractivity contribution in [2.45, 2.75) is 20.3 Å². The topological polar surface area (TPSA) is 160 Å². The zero-order chi connectivity index (χ0) is 21.0. The number of hydrogen-bond donors (Lipinski definition) is 3. The van der Waals surface area contributed by atoms with E-state index >= 15 is 0 Å². The molecule has 3 aromatic heterocycles. The van der Waals surface area contributed by atoms with Gasteiger partial charge in [0.15, 0.2) is 5.13 Å². The number of amides is 2. The molecule has 12 heteroatoms. The Morgan fingerprint density at radius 3 is 2.62 bits per heavy atom. The van der Waals surface area contributed by atoms with Crippen LogP contribution in [-0.4, -0.2) is 49.5 Å². The van der Waals surface area contributed by atoms with Crippen LogP contribution in [0.1, 0.15) is 38.2 Å². The fourth-order valence-corrected chi connectivity index (χ4v) is 3.12. The normalized spacial score (nSPS) is 10.6. The van der Waals surface area contributed by atoms with Crippen molar-refractivity contribution in [2.75, 3.05) is 11.9 Å². The zero-order valence-electron chi connectivity index (χ0n) is 15.4. The Balaban J connectivity index is 1.52. The van der Waals surface area contributed by atoms with E-state index in [4.69, 9.17) is 9.63 Å². The summed E-state index contributed by atoms with van der Waals surface area (Å²) >= 11 is 0.874. The summed E-state index contributed by atoms with van der Waals surface area (Å²) in [6.07, 6.45) is -0.0174. The number of nitrogens with zero attached hydrogens (tertiary/aromatic N) is 4. The quantitative estimate of drug-likeness (QED) is 0.520. The maximum absolute atomic E-state index is 12.3. The number of carboxylic acids is 1. The third-order valence-corrected chi connectivity index (χ3v) is 4.67. The van der Waals surface area contributed by atoms with E-state index in [2.05, 4.69) is 30.7 Å². The van der Waals surface area contributed by atoms with Crippen LogP contribution < -0.4 is 10.6 Å². The van der Waals surface area contributed by atoms with Crippen LogP contribution in [0.2, 0.25) is 0 Å². The van der Waals surface area contributed by atoms with Crippen molar-refractivity contribution < 1.29 is 24.0 Å². The number of aryl methyl sites for hydroxylation is 2. The molecular weight excluding hydrogens is 400 g/mol. The van der Waals surface area contributed by atoms with Crippen molar-refractivity contribution in [3.05, 3.63) is 40.4 Å². The lowest BCUT2D eigenvalue weighted by molar-refractivity contribution is -0.116. The van der Waals surface area contributed by atoms with Gasteiger partial charge in [-0.1, -0.05) is 22.6 Å². The van der Waals surface area contributed by atoms with Crippen molar-refractivity contribution in [3.8, 4) is 11.5 Å². The number of carbonyl (C=O) groups excluding carboxylic acids is 2. The van der Waals surface area contributed by atoms with E-state index in [-0.39, 0.29) is 34.5 Å². The van der Waals surface area contributed by atoms with E-state index in [9.17, 15) is 14.4 Å². The predicted molar refractivity (Wildman–Crippen MR) is 102 cm³/mol. The summed E-state index contributed by atoms with van der Waals surface area (Å²) in [5.74, 6) is -1.30. The van der Waals surface area contributed by atoms with E-state index < -0.39 is 17.8 Å². The molecule has 3 rings (SSSR count). The Labute approximate surface area is 168 Å². The standard InChI is InChI=1S/C17H16N6O5S/c1-8-13(16(26)27)29-17(19-8)22-12(24)6-7-18-15(25)11-5-3-4-10(21-11)14-20-9(2)28-23-14/h3-5H,6-7H2,1-2H3,(H,18,25)(H,26,27)(H,19,22,24). The Bertz CT molecular complexity index is 1080. The minimum atomic E-state index is -1.10. The summed E-state index contributed by atoms with van der Waals surface area (Å²) in [7, 11) is 0. The van der Waals surface area contributed by atoms with Crippen LogP contribution in [0.5, 0.6) is 0 Å². The summed E-state index contributed by atoms with van der Waals surface area (Å²) in [5.41, 5.74) is 0.862. The van der Waals surface area contributed by atoms with Gasteiger partial charge in [-0.2, -0.15) is 4.98 Å². The molecule has 3 aromatic rings. The van der Waals surface area contributed by atoms with Gasteiger partial charge in [-0.15, -0.1) is 0 Å². The molecule has 0 bridgehead atoms. The molecule has 0 spiro atoms. The third kappa shape index (κ3) is 4.99. The Morgan fingerprint density at radius 2 is 1.97 bits per heavy atom. The monoisotopic (exact) mass is 416 g/mol. The molecule has 0 fully saturated rings. The predicted octanol–water partition coefficient (Wildman–Crippen LogP) is 1.66. The van der Waals surface area contributed by atoms with Gasteiger partial charge < -0.3 is 20.3 Å². The van der Waals surface area contributed by atoms with Gasteiger partial charge in [-0.05, 0) is 19.1 Å². The highest BCUT2D eigenvalue weighted by Crippen LogP contribution is 2.22. The summed E-state index contributed by atoms with van der Waals surface area (Å²) in [6.45, 7) is 3.26. The highest BCUT2D eigenvalue weighted by Gasteiger charge is 2.16. The molecule has 0 atom stereocenters. The van der Waals surface area contributed by atoms with E-state index in [0.29, 0.717) is 17.3 Å². The van der Waals surface area contributed by atoms with Gasteiger partial charge in [-0.25, -0.2) is 14.8 Å². The summed E-state index contributed by atoms with van der Waals surface area (Å²) in [5, 5.41) is 18.1. The average molecular weight is 416 g/mol. The van der Waals surface area contributed by atoms with Crippen LogP contribution in [0.3, 0.4) is 0 Å². The molecule has 2 amide bonds. The second kappa shape index (κ2) is 8.56. The largest absolute Gasteiger partial charge is 0.477 e. The summed E-state index contributed by atoms with van der Waals surface area (Å²) in [6, 6.07) is 4.81. The summed E-state index contributed by atoms with van der Waals surface area (Å²) < 4.78 is 4.90. The maximum atomic E-state index is 12.3.